The van der Waals surface area contributed by atoms with E-state index in [2.05, 4.69) is 33.6 Å². The lowest BCUT2D eigenvalue weighted by Gasteiger charge is -2.17. The number of carbonyl (C=O) groups excluding carboxylic acids is 1. The largest absolute Gasteiger partial charge is 0.384 e. The molecular weight excluding hydrogens is 440 g/mol. The molecule has 3 aromatic rings. The molecule has 3 heterocycles. The highest BCUT2D eigenvalue weighted by Crippen LogP contribution is 2.29. The van der Waals surface area contributed by atoms with Crippen molar-refractivity contribution in [1.82, 2.24) is 19.9 Å². The lowest BCUT2D eigenvalue weighted by Crippen LogP contribution is -2.36. The number of halogens is 1. The third-order valence-electron chi connectivity index (χ3n) is 6.13. The molecule has 0 saturated heterocycles. The molecule has 1 aliphatic heterocycles. The maximum atomic E-state index is 13.2. The van der Waals surface area contributed by atoms with E-state index in [1.807, 2.05) is 32.0 Å². The van der Waals surface area contributed by atoms with Crippen LogP contribution in [-0.2, 0) is 24.3 Å². The number of nitrogens with two attached hydrogens (primary N) is 1. The zero-order valence-corrected chi connectivity index (χ0v) is 19.7. The molecule has 2 aromatic heterocycles. The van der Waals surface area contributed by atoms with Gasteiger partial charge in [0.15, 0.2) is 11.0 Å². The monoisotopic (exact) mass is 466 g/mol. The molecule has 0 radical (unpaired) electrons. The molecule has 33 heavy (non-hydrogen) atoms. The van der Waals surface area contributed by atoms with Crippen LogP contribution in [0, 0.1) is 20.8 Å². The van der Waals surface area contributed by atoms with Gasteiger partial charge in [0.1, 0.15) is 11.9 Å². The summed E-state index contributed by atoms with van der Waals surface area (Å²) in [5.74, 6) is 0.330. The van der Waals surface area contributed by atoms with Gasteiger partial charge in [0, 0.05) is 18.8 Å². The predicted octanol–water partition coefficient (Wildman–Crippen LogP) is 3.21. The van der Waals surface area contributed by atoms with Crippen molar-refractivity contribution in [2.24, 2.45) is 0 Å². The summed E-state index contributed by atoms with van der Waals surface area (Å²) >= 11 is 6.39. The van der Waals surface area contributed by atoms with Gasteiger partial charge in [-0.3, -0.25) is 14.2 Å². The third kappa shape index (κ3) is 4.71. The number of carbonyl (C=O) groups is 1. The van der Waals surface area contributed by atoms with Crippen LogP contribution in [-0.4, -0.2) is 20.4 Å². The molecule has 0 spiro atoms. The van der Waals surface area contributed by atoms with Crippen LogP contribution in [0.1, 0.15) is 46.1 Å². The number of amides is 1. The van der Waals surface area contributed by atoms with Crippen LogP contribution in [0.2, 0.25) is 5.15 Å². The van der Waals surface area contributed by atoms with Gasteiger partial charge in [0.25, 0.3) is 5.56 Å². The van der Waals surface area contributed by atoms with Crippen LogP contribution in [0.5, 0.6) is 0 Å². The Morgan fingerprint density at radius 1 is 1.15 bits per heavy atom. The van der Waals surface area contributed by atoms with E-state index in [9.17, 15) is 9.59 Å². The van der Waals surface area contributed by atoms with Crippen molar-refractivity contribution in [2.45, 2.75) is 52.7 Å². The molecule has 4 rings (SSSR count). The smallest absolute Gasteiger partial charge is 0.294 e. The summed E-state index contributed by atoms with van der Waals surface area (Å²) in [6, 6.07) is 9.01. The van der Waals surface area contributed by atoms with E-state index in [0.29, 0.717) is 37.4 Å². The lowest BCUT2D eigenvalue weighted by atomic mass is 10.1. The average Bonchev–Trinajstić information content (AvgIpc) is 3.23. The highest BCUT2D eigenvalue weighted by atomic mass is 35.5. The van der Waals surface area contributed by atoms with Crippen LogP contribution >= 0.6 is 11.6 Å². The second-order valence-electron chi connectivity index (χ2n) is 8.40. The van der Waals surface area contributed by atoms with E-state index in [-0.39, 0.29) is 22.4 Å². The molecule has 0 bridgehead atoms. The van der Waals surface area contributed by atoms with E-state index in [0.717, 1.165) is 16.8 Å². The lowest BCUT2D eigenvalue weighted by molar-refractivity contribution is -0.124. The SMILES string of the molecule is Cc1ccc(CNc2nc(Cl)c3n(c2=O)[C@H](C(=O)NCc2ccc(N)nc2C)CC3)cc1C. The molecule has 1 aromatic carbocycles. The Labute approximate surface area is 197 Å². The first-order chi connectivity index (χ1) is 15.7. The van der Waals surface area contributed by atoms with Gasteiger partial charge in [-0.15, -0.1) is 0 Å². The molecule has 9 heteroatoms. The zero-order chi connectivity index (χ0) is 23.7. The van der Waals surface area contributed by atoms with Gasteiger partial charge in [-0.2, -0.15) is 0 Å². The number of fused-ring (bicyclic) bond motifs is 1. The summed E-state index contributed by atoms with van der Waals surface area (Å²) in [7, 11) is 0. The van der Waals surface area contributed by atoms with Gasteiger partial charge in [-0.25, -0.2) is 9.97 Å². The Balaban J connectivity index is 1.52. The summed E-state index contributed by atoms with van der Waals surface area (Å²) in [5, 5.41) is 6.25. The first-order valence-electron chi connectivity index (χ1n) is 10.8. The summed E-state index contributed by atoms with van der Waals surface area (Å²) in [6.07, 6.45) is 1.00. The molecule has 8 nitrogen and oxygen atoms in total. The van der Waals surface area contributed by atoms with E-state index in [1.165, 1.54) is 15.7 Å². The second kappa shape index (κ2) is 9.23. The maximum Gasteiger partial charge on any atom is 0.294 e. The quantitative estimate of drug-likeness (QED) is 0.513. The Hall–Kier alpha value is -3.39. The van der Waals surface area contributed by atoms with Crippen molar-refractivity contribution in [2.75, 3.05) is 11.1 Å². The summed E-state index contributed by atoms with van der Waals surface area (Å²) in [5.41, 5.74) is 11.0. The van der Waals surface area contributed by atoms with Crippen LogP contribution in [0.3, 0.4) is 0 Å². The highest BCUT2D eigenvalue weighted by molar-refractivity contribution is 6.30. The fraction of sp³-hybridized carbons (Fsp3) is 0.333. The molecule has 0 fully saturated rings. The number of pyridine rings is 1. The minimum Gasteiger partial charge on any atom is -0.384 e. The van der Waals surface area contributed by atoms with Crippen molar-refractivity contribution in [3.8, 4) is 0 Å². The van der Waals surface area contributed by atoms with Gasteiger partial charge in [0.2, 0.25) is 5.91 Å². The van der Waals surface area contributed by atoms with Crippen LogP contribution in [0.4, 0.5) is 11.6 Å². The average molecular weight is 467 g/mol. The molecule has 4 N–H and O–H groups in total. The Bertz CT molecular complexity index is 1290. The molecular formula is C24H27ClN6O2. The second-order valence-corrected chi connectivity index (χ2v) is 8.76. The van der Waals surface area contributed by atoms with Crippen LogP contribution in [0.15, 0.2) is 35.1 Å². The van der Waals surface area contributed by atoms with Crippen molar-refractivity contribution in [3.05, 3.63) is 79.5 Å². The van der Waals surface area contributed by atoms with E-state index in [4.69, 9.17) is 17.3 Å². The number of aryl methyl sites for hydroxylation is 3. The number of hydrogen-bond donors (Lipinski definition) is 3. The number of benzene rings is 1. The van der Waals surface area contributed by atoms with E-state index >= 15 is 0 Å². The molecule has 0 aliphatic carbocycles. The third-order valence-corrected chi connectivity index (χ3v) is 6.43. The fourth-order valence-electron chi connectivity index (χ4n) is 4.06. The summed E-state index contributed by atoms with van der Waals surface area (Å²) in [6.45, 7) is 6.67. The van der Waals surface area contributed by atoms with Crippen molar-refractivity contribution in [1.29, 1.82) is 0 Å². The number of hydrogen-bond acceptors (Lipinski definition) is 6. The Morgan fingerprint density at radius 3 is 2.67 bits per heavy atom. The molecule has 172 valence electrons. The van der Waals surface area contributed by atoms with E-state index in [1.54, 1.807) is 6.07 Å². The van der Waals surface area contributed by atoms with Crippen LogP contribution in [0.25, 0.3) is 0 Å². The summed E-state index contributed by atoms with van der Waals surface area (Å²) < 4.78 is 1.47. The standard InChI is InChI=1S/C24H27ClN6O2/c1-13-4-5-16(10-14(13)2)11-27-22-24(33)31-18(21(25)30-22)7-8-19(31)23(32)28-12-17-6-9-20(26)29-15(17)3/h4-6,9-10,19H,7-8,11-12H2,1-3H3,(H2,26,29)(H,27,30)(H,28,32)/t19-/m0/s1. The topological polar surface area (TPSA) is 115 Å². The number of anilines is 2. The highest BCUT2D eigenvalue weighted by Gasteiger charge is 2.32. The number of nitrogen functional groups attached to an aromatic ring is 1. The number of rotatable bonds is 6. The zero-order valence-electron chi connectivity index (χ0n) is 18.9. The molecule has 1 aliphatic rings. The fourth-order valence-corrected chi connectivity index (χ4v) is 4.33. The van der Waals surface area contributed by atoms with Crippen LogP contribution < -0.4 is 21.9 Å². The van der Waals surface area contributed by atoms with Gasteiger partial charge < -0.3 is 16.4 Å². The first-order valence-corrected chi connectivity index (χ1v) is 11.2. The molecule has 1 amide bonds. The van der Waals surface area contributed by atoms with Gasteiger partial charge >= 0.3 is 0 Å². The van der Waals surface area contributed by atoms with Crippen molar-refractivity contribution in [3.63, 3.8) is 0 Å². The molecule has 1 atom stereocenters. The minimum absolute atomic E-state index is 0.139. The van der Waals surface area contributed by atoms with E-state index < -0.39 is 6.04 Å². The van der Waals surface area contributed by atoms with Gasteiger partial charge in [-0.05, 0) is 61.9 Å². The number of nitrogens with zero attached hydrogens (tertiary/aromatic N) is 3. The van der Waals surface area contributed by atoms with Crippen molar-refractivity contribution >= 4 is 29.1 Å². The summed E-state index contributed by atoms with van der Waals surface area (Å²) in [4.78, 5) is 34.7. The van der Waals surface area contributed by atoms with Gasteiger partial charge in [-0.1, -0.05) is 35.9 Å². The molecule has 0 unspecified atom stereocenters. The predicted molar refractivity (Wildman–Crippen MR) is 129 cm³/mol. The minimum atomic E-state index is -0.641. The first kappa shape index (κ1) is 22.8. The number of aromatic nitrogens is 3. The Kier molecular flexibility index (Phi) is 6.37. The number of nitrogens with one attached hydrogen (secondary N) is 2. The van der Waals surface area contributed by atoms with Crippen molar-refractivity contribution < 1.29 is 4.79 Å². The Morgan fingerprint density at radius 2 is 1.94 bits per heavy atom. The molecule has 0 saturated carbocycles. The maximum absolute atomic E-state index is 13.2. The van der Waals surface area contributed by atoms with Gasteiger partial charge in [0.05, 0.1) is 5.69 Å². The normalized spacial score (nSPS) is 14.7.